The quantitative estimate of drug-likeness (QED) is 0.211. The first kappa shape index (κ1) is 20.8. The Morgan fingerprint density at radius 2 is 1.18 bits per heavy atom. The van der Waals surface area contributed by atoms with E-state index in [9.17, 15) is 0 Å². The van der Waals surface area contributed by atoms with Crippen LogP contribution >= 0.6 is 11.3 Å². The van der Waals surface area contributed by atoms with E-state index in [4.69, 9.17) is 4.42 Å². The summed E-state index contributed by atoms with van der Waals surface area (Å²) in [5, 5.41) is 7.46. The molecular formula is C36H20N2OS. The molecule has 10 rings (SSSR count). The van der Waals surface area contributed by atoms with Crippen LogP contribution in [0.15, 0.2) is 126 Å². The summed E-state index contributed by atoms with van der Waals surface area (Å²) in [4.78, 5) is 2.47. The number of fused-ring (bicyclic) bond motifs is 12. The van der Waals surface area contributed by atoms with E-state index < -0.39 is 0 Å². The van der Waals surface area contributed by atoms with E-state index in [1.165, 1.54) is 70.1 Å². The number of hydrogen-bond acceptors (Lipinski definition) is 3. The normalized spacial score (nSPS) is 12.9. The van der Waals surface area contributed by atoms with Gasteiger partial charge in [-0.2, -0.15) is 0 Å². The third-order valence-corrected chi connectivity index (χ3v) is 9.71. The fourth-order valence-corrected chi connectivity index (χ4v) is 8.13. The van der Waals surface area contributed by atoms with Gasteiger partial charge in [0.25, 0.3) is 0 Å². The van der Waals surface area contributed by atoms with Crippen molar-refractivity contribution < 1.29 is 4.42 Å². The van der Waals surface area contributed by atoms with E-state index in [2.05, 4.69) is 125 Å². The predicted molar refractivity (Wildman–Crippen MR) is 169 cm³/mol. The molecule has 0 N–H and O–H groups in total. The summed E-state index contributed by atoms with van der Waals surface area (Å²) in [7, 11) is 0. The second-order valence-corrected chi connectivity index (χ2v) is 11.6. The van der Waals surface area contributed by atoms with E-state index in [0.717, 1.165) is 16.6 Å². The molecule has 0 radical (unpaired) electrons. The highest BCUT2D eigenvalue weighted by molar-refractivity contribution is 7.26. The Balaban J connectivity index is 1.39. The molecular weight excluding hydrogens is 508 g/mol. The van der Waals surface area contributed by atoms with Crippen molar-refractivity contribution in [1.29, 1.82) is 0 Å². The molecule has 3 aromatic heterocycles. The first-order valence-electron chi connectivity index (χ1n) is 13.5. The zero-order valence-corrected chi connectivity index (χ0v) is 22.1. The van der Waals surface area contributed by atoms with Gasteiger partial charge in [-0.25, -0.2) is 0 Å². The number of hydrogen-bond donors (Lipinski definition) is 0. The van der Waals surface area contributed by atoms with Crippen molar-refractivity contribution in [3.8, 4) is 5.69 Å². The van der Waals surface area contributed by atoms with Crippen LogP contribution in [0.25, 0.3) is 69.6 Å². The Kier molecular flexibility index (Phi) is 3.81. The van der Waals surface area contributed by atoms with Gasteiger partial charge >= 0.3 is 0 Å². The van der Waals surface area contributed by atoms with Gasteiger partial charge in [0, 0.05) is 37.0 Å². The van der Waals surface area contributed by atoms with Gasteiger partial charge in [0.1, 0.15) is 11.2 Å². The van der Waals surface area contributed by atoms with Crippen molar-refractivity contribution in [2.45, 2.75) is 0 Å². The summed E-state index contributed by atoms with van der Waals surface area (Å²) in [5.41, 5.74) is 9.06. The number of benzene rings is 6. The Hall–Kier alpha value is -5.06. The standard InChI is InChI=1S/C36H20N2OS/c1-5-17-30-23(10-1)34-31(39-30)20-19-27-33(34)24-12-8-15-28-35(24)38(27)26-14-4-3-13-25(26)37(28)29-16-7-11-22-21-9-2-6-18-32(21)40-36(22)29/h1-20H. The molecule has 4 heterocycles. The minimum atomic E-state index is 0.926. The number of aromatic nitrogens is 1. The van der Waals surface area contributed by atoms with Crippen molar-refractivity contribution in [3.05, 3.63) is 121 Å². The highest BCUT2D eigenvalue weighted by atomic mass is 32.1. The monoisotopic (exact) mass is 528 g/mol. The lowest BCUT2D eigenvalue weighted by Gasteiger charge is -2.33. The van der Waals surface area contributed by atoms with Gasteiger partial charge in [0.2, 0.25) is 0 Å². The second kappa shape index (κ2) is 7.32. The number of rotatable bonds is 1. The molecule has 6 aromatic carbocycles. The summed E-state index contributed by atoms with van der Waals surface area (Å²) >= 11 is 1.88. The molecule has 0 bridgehead atoms. The van der Waals surface area contributed by atoms with Gasteiger partial charge in [-0.15, -0.1) is 11.3 Å². The van der Waals surface area contributed by atoms with Crippen LogP contribution in [0.1, 0.15) is 0 Å². The largest absolute Gasteiger partial charge is 0.456 e. The fourth-order valence-electron chi connectivity index (χ4n) is 6.92. The lowest BCUT2D eigenvalue weighted by molar-refractivity contribution is 0.669. The molecule has 40 heavy (non-hydrogen) atoms. The molecule has 0 unspecified atom stereocenters. The maximum absolute atomic E-state index is 6.32. The van der Waals surface area contributed by atoms with Gasteiger partial charge in [-0.3, -0.25) is 0 Å². The van der Waals surface area contributed by atoms with Crippen LogP contribution in [0.3, 0.4) is 0 Å². The second-order valence-electron chi connectivity index (χ2n) is 10.5. The van der Waals surface area contributed by atoms with Gasteiger partial charge in [-0.05, 0) is 48.5 Å². The van der Waals surface area contributed by atoms with Crippen LogP contribution < -0.4 is 4.90 Å². The van der Waals surface area contributed by atoms with Crippen LogP contribution in [0.4, 0.5) is 17.1 Å². The van der Waals surface area contributed by atoms with Crippen LogP contribution in [0.2, 0.25) is 0 Å². The van der Waals surface area contributed by atoms with Crippen LogP contribution in [0.5, 0.6) is 0 Å². The average Bonchev–Trinajstić information content (AvgIpc) is 3.68. The lowest BCUT2D eigenvalue weighted by atomic mass is 10.0. The third-order valence-electron chi connectivity index (χ3n) is 8.50. The van der Waals surface area contributed by atoms with Gasteiger partial charge in [0.15, 0.2) is 0 Å². The molecule has 0 spiro atoms. The Morgan fingerprint density at radius 3 is 2.10 bits per heavy atom. The first-order valence-corrected chi connectivity index (χ1v) is 14.4. The molecule has 1 aliphatic rings. The number of para-hydroxylation sites is 4. The van der Waals surface area contributed by atoms with Gasteiger partial charge in [-0.1, -0.05) is 72.8 Å². The molecule has 3 nitrogen and oxygen atoms in total. The summed E-state index contributed by atoms with van der Waals surface area (Å²) in [6.07, 6.45) is 0. The van der Waals surface area contributed by atoms with Crippen molar-refractivity contribution in [2.24, 2.45) is 0 Å². The van der Waals surface area contributed by atoms with E-state index in [-0.39, 0.29) is 0 Å². The van der Waals surface area contributed by atoms with E-state index in [1.54, 1.807) is 0 Å². The van der Waals surface area contributed by atoms with Crippen molar-refractivity contribution in [3.63, 3.8) is 0 Å². The molecule has 0 fully saturated rings. The van der Waals surface area contributed by atoms with Gasteiger partial charge in [0.05, 0.1) is 38.5 Å². The summed E-state index contributed by atoms with van der Waals surface area (Å²) in [6, 6.07) is 43.7. The number of furan rings is 1. The van der Waals surface area contributed by atoms with E-state index >= 15 is 0 Å². The van der Waals surface area contributed by atoms with Crippen LogP contribution in [-0.2, 0) is 0 Å². The highest BCUT2D eigenvalue weighted by Gasteiger charge is 2.30. The molecule has 1 aliphatic heterocycles. The third kappa shape index (κ3) is 2.46. The topological polar surface area (TPSA) is 21.3 Å². The molecule has 9 aromatic rings. The van der Waals surface area contributed by atoms with Gasteiger partial charge < -0.3 is 13.9 Å². The van der Waals surface area contributed by atoms with Crippen LogP contribution in [0, 0.1) is 0 Å². The molecule has 4 heteroatoms. The summed E-state index contributed by atoms with van der Waals surface area (Å²) < 4.78 is 11.4. The smallest absolute Gasteiger partial charge is 0.136 e. The van der Waals surface area contributed by atoms with Crippen molar-refractivity contribution in [2.75, 3.05) is 4.90 Å². The zero-order chi connectivity index (χ0) is 25.9. The molecule has 0 saturated heterocycles. The maximum Gasteiger partial charge on any atom is 0.136 e. The SMILES string of the molecule is c1ccc2c(c1)N(c1cccc3c1sc1ccccc13)c1cccc3c4c5c(ccc4n-2c13)oc1ccccc15. The summed E-state index contributed by atoms with van der Waals surface area (Å²) in [6.45, 7) is 0. The fraction of sp³-hybridized carbons (Fsp3) is 0. The molecule has 0 aliphatic carbocycles. The highest BCUT2D eigenvalue weighted by Crippen LogP contribution is 2.53. The van der Waals surface area contributed by atoms with Crippen LogP contribution in [-0.4, -0.2) is 4.57 Å². The number of anilines is 3. The number of nitrogens with zero attached hydrogens (tertiary/aromatic N) is 2. The molecule has 0 amide bonds. The van der Waals surface area contributed by atoms with E-state index in [0.29, 0.717) is 0 Å². The minimum Gasteiger partial charge on any atom is -0.456 e. The lowest BCUT2D eigenvalue weighted by Crippen LogP contribution is -2.18. The minimum absolute atomic E-state index is 0.926. The maximum atomic E-state index is 6.32. The Morgan fingerprint density at radius 1 is 0.475 bits per heavy atom. The molecule has 186 valence electrons. The number of thiophene rings is 1. The average molecular weight is 529 g/mol. The zero-order valence-electron chi connectivity index (χ0n) is 21.3. The van der Waals surface area contributed by atoms with Crippen molar-refractivity contribution >= 4 is 92.3 Å². The van der Waals surface area contributed by atoms with Crippen molar-refractivity contribution in [1.82, 2.24) is 4.57 Å². The first-order chi connectivity index (χ1) is 19.9. The molecule has 0 saturated carbocycles. The summed E-state index contributed by atoms with van der Waals surface area (Å²) in [5.74, 6) is 0. The Bertz CT molecular complexity index is 2510. The van der Waals surface area contributed by atoms with E-state index in [1.807, 2.05) is 17.4 Å². The molecule has 0 atom stereocenters. The predicted octanol–water partition coefficient (Wildman–Crippen LogP) is 10.8. The Labute approximate surface area is 232 Å².